The maximum Gasteiger partial charge on any atom is 0.193 e. The number of halogens is 1. The molecule has 2 atom stereocenters. The molecule has 0 fully saturated rings. The first-order chi connectivity index (χ1) is 6.22. The lowest BCUT2D eigenvalue weighted by Crippen LogP contribution is -2.10. The predicted octanol–water partition coefficient (Wildman–Crippen LogP) is 2.56. The fourth-order valence-corrected chi connectivity index (χ4v) is 2.45. The Morgan fingerprint density at radius 3 is 3.15 bits per heavy atom. The minimum Gasteiger partial charge on any atom is -0.449 e. The average Bonchev–Trinajstić information content (AvgIpc) is 2.52. The highest BCUT2D eigenvalue weighted by Crippen LogP contribution is 2.42. The molecular formula is C10H14ClNO. The van der Waals surface area contributed by atoms with Crippen molar-refractivity contribution in [3.05, 3.63) is 22.6 Å². The molecule has 1 aromatic heterocycles. The fourth-order valence-electron chi connectivity index (χ4n) is 2.24. The SMILES string of the molecule is CC1Cc2oc(Cl)cc2C1CCN. The number of nitrogens with two attached hydrogens (primary N) is 1. The summed E-state index contributed by atoms with van der Waals surface area (Å²) >= 11 is 5.79. The summed E-state index contributed by atoms with van der Waals surface area (Å²) < 4.78 is 5.40. The van der Waals surface area contributed by atoms with Crippen LogP contribution in [0.5, 0.6) is 0 Å². The van der Waals surface area contributed by atoms with Crippen molar-refractivity contribution in [2.75, 3.05) is 6.54 Å². The van der Waals surface area contributed by atoms with Crippen molar-refractivity contribution in [1.82, 2.24) is 0 Å². The summed E-state index contributed by atoms with van der Waals surface area (Å²) in [7, 11) is 0. The molecule has 1 aliphatic rings. The lowest BCUT2D eigenvalue weighted by Gasteiger charge is -2.13. The van der Waals surface area contributed by atoms with Crippen LogP contribution in [0.1, 0.15) is 30.6 Å². The van der Waals surface area contributed by atoms with E-state index in [4.69, 9.17) is 21.8 Å². The summed E-state index contributed by atoms with van der Waals surface area (Å²) in [5, 5.41) is 0.513. The molecule has 0 saturated carbocycles. The topological polar surface area (TPSA) is 39.2 Å². The Balaban J connectivity index is 2.27. The fraction of sp³-hybridized carbons (Fsp3) is 0.600. The normalized spacial score (nSPS) is 26.4. The highest BCUT2D eigenvalue weighted by Gasteiger charge is 2.32. The van der Waals surface area contributed by atoms with Gasteiger partial charge in [0.05, 0.1) is 0 Å². The molecular weight excluding hydrogens is 186 g/mol. The van der Waals surface area contributed by atoms with Crippen LogP contribution in [0.15, 0.2) is 10.5 Å². The highest BCUT2D eigenvalue weighted by atomic mass is 35.5. The first-order valence-electron chi connectivity index (χ1n) is 4.70. The second-order valence-corrected chi connectivity index (χ2v) is 4.17. The molecule has 0 aromatic carbocycles. The minimum atomic E-state index is 0.513. The van der Waals surface area contributed by atoms with E-state index in [1.807, 2.05) is 6.07 Å². The molecule has 1 aliphatic carbocycles. The lowest BCUT2D eigenvalue weighted by atomic mass is 9.91. The molecule has 0 bridgehead atoms. The molecule has 1 aromatic rings. The quantitative estimate of drug-likeness (QED) is 0.795. The van der Waals surface area contributed by atoms with Gasteiger partial charge < -0.3 is 10.2 Å². The van der Waals surface area contributed by atoms with Gasteiger partial charge >= 0.3 is 0 Å². The molecule has 2 N–H and O–H groups in total. The van der Waals surface area contributed by atoms with Crippen LogP contribution in [0.2, 0.25) is 5.22 Å². The summed E-state index contributed by atoms with van der Waals surface area (Å²) in [5.74, 6) is 2.27. The van der Waals surface area contributed by atoms with Crippen molar-refractivity contribution in [3.63, 3.8) is 0 Å². The molecule has 0 saturated heterocycles. The van der Waals surface area contributed by atoms with Crippen LogP contribution in [0.4, 0.5) is 0 Å². The van der Waals surface area contributed by atoms with Gasteiger partial charge in [-0.1, -0.05) is 6.92 Å². The third-order valence-corrected chi connectivity index (χ3v) is 3.07. The summed E-state index contributed by atoms with van der Waals surface area (Å²) in [4.78, 5) is 0. The Morgan fingerprint density at radius 2 is 2.46 bits per heavy atom. The average molecular weight is 200 g/mol. The smallest absolute Gasteiger partial charge is 0.193 e. The zero-order valence-electron chi connectivity index (χ0n) is 7.72. The number of hydrogen-bond donors (Lipinski definition) is 1. The number of fused-ring (bicyclic) bond motifs is 1. The van der Waals surface area contributed by atoms with Crippen molar-refractivity contribution >= 4 is 11.6 Å². The third-order valence-electron chi connectivity index (χ3n) is 2.88. The van der Waals surface area contributed by atoms with Crippen LogP contribution in [0.3, 0.4) is 0 Å². The van der Waals surface area contributed by atoms with Gasteiger partial charge in [-0.25, -0.2) is 0 Å². The van der Waals surface area contributed by atoms with Crippen molar-refractivity contribution < 1.29 is 4.42 Å². The van der Waals surface area contributed by atoms with Gasteiger partial charge in [0.1, 0.15) is 5.76 Å². The maximum atomic E-state index is 5.79. The van der Waals surface area contributed by atoms with Crippen LogP contribution in [-0.4, -0.2) is 6.54 Å². The second-order valence-electron chi connectivity index (χ2n) is 3.79. The van der Waals surface area contributed by atoms with Crippen molar-refractivity contribution in [1.29, 1.82) is 0 Å². The minimum absolute atomic E-state index is 0.513. The predicted molar refractivity (Wildman–Crippen MR) is 53.0 cm³/mol. The van der Waals surface area contributed by atoms with Gasteiger partial charge in [-0.2, -0.15) is 0 Å². The number of hydrogen-bond acceptors (Lipinski definition) is 2. The van der Waals surface area contributed by atoms with Crippen LogP contribution >= 0.6 is 11.6 Å². The van der Waals surface area contributed by atoms with Crippen LogP contribution < -0.4 is 5.73 Å². The molecule has 13 heavy (non-hydrogen) atoms. The van der Waals surface area contributed by atoms with Gasteiger partial charge in [0.2, 0.25) is 0 Å². The van der Waals surface area contributed by atoms with E-state index < -0.39 is 0 Å². The summed E-state index contributed by atoms with van der Waals surface area (Å²) in [5.41, 5.74) is 6.85. The van der Waals surface area contributed by atoms with E-state index in [0.717, 1.165) is 25.1 Å². The van der Waals surface area contributed by atoms with E-state index in [9.17, 15) is 0 Å². The Morgan fingerprint density at radius 1 is 1.69 bits per heavy atom. The van der Waals surface area contributed by atoms with Gasteiger partial charge in [-0.15, -0.1) is 0 Å². The Kier molecular flexibility index (Phi) is 2.35. The highest BCUT2D eigenvalue weighted by molar-refractivity contribution is 6.28. The van der Waals surface area contributed by atoms with Gasteiger partial charge in [0, 0.05) is 6.42 Å². The Labute approximate surface area is 83.1 Å². The molecule has 0 amide bonds. The second kappa shape index (κ2) is 3.35. The number of rotatable bonds is 2. The molecule has 0 aliphatic heterocycles. The van der Waals surface area contributed by atoms with Crippen molar-refractivity contribution in [2.24, 2.45) is 11.7 Å². The van der Waals surface area contributed by atoms with Crippen LogP contribution in [0, 0.1) is 5.92 Å². The zero-order chi connectivity index (χ0) is 9.42. The maximum absolute atomic E-state index is 5.79. The molecule has 0 spiro atoms. The first-order valence-corrected chi connectivity index (χ1v) is 5.08. The van der Waals surface area contributed by atoms with E-state index >= 15 is 0 Å². The third kappa shape index (κ3) is 1.49. The van der Waals surface area contributed by atoms with E-state index in [0.29, 0.717) is 17.1 Å². The van der Waals surface area contributed by atoms with E-state index in [1.54, 1.807) is 0 Å². The van der Waals surface area contributed by atoms with E-state index in [2.05, 4.69) is 6.92 Å². The Bertz CT molecular complexity index is 308. The van der Waals surface area contributed by atoms with Crippen LogP contribution in [-0.2, 0) is 6.42 Å². The van der Waals surface area contributed by atoms with E-state index in [-0.39, 0.29) is 0 Å². The van der Waals surface area contributed by atoms with Gasteiger partial charge in [0.15, 0.2) is 5.22 Å². The molecule has 2 nitrogen and oxygen atoms in total. The van der Waals surface area contributed by atoms with Crippen LogP contribution in [0.25, 0.3) is 0 Å². The molecule has 72 valence electrons. The molecule has 3 heteroatoms. The summed E-state index contributed by atoms with van der Waals surface area (Å²) in [6.07, 6.45) is 2.04. The summed E-state index contributed by atoms with van der Waals surface area (Å²) in [6.45, 7) is 2.97. The standard InChI is InChI=1S/C10H14ClNO/c1-6-4-9-8(5-10(11)13-9)7(6)2-3-12/h5-7H,2-4,12H2,1H3. The van der Waals surface area contributed by atoms with Crippen molar-refractivity contribution in [2.45, 2.75) is 25.7 Å². The monoisotopic (exact) mass is 199 g/mol. The van der Waals surface area contributed by atoms with E-state index in [1.165, 1.54) is 5.56 Å². The van der Waals surface area contributed by atoms with Gasteiger partial charge in [-0.3, -0.25) is 0 Å². The molecule has 0 radical (unpaired) electrons. The molecule has 1 heterocycles. The molecule has 2 unspecified atom stereocenters. The summed E-state index contributed by atoms with van der Waals surface area (Å²) in [6, 6.07) is 1.95. The number of furan rings is 1. The van der Waals surface area contributed by atoms with Gasteiger partial charge in [-0.05, 0) is 48.0 Å². The molecule has 2 rings (SSSR count). The lowest BCUT2D eigenvalue weighted by molar-refractivity contribution is 0.445. The van der Waals surface area contributed by atoms with Crippen molar-refractivity contribution in [3.8, 4) is 0 Å². The largest absolute Gasteiger partial charge is 0.449 e. The first kappa shape index (κ1) is 9.10. The zero-order valence-corrected chi connectivity index (χ0v) is 8.47. The van der Waals surface area contributed by atoms with Gasteiger partial charge in [0.25, 0.3) is 0 Å². The Hall–Kier alpha value is -0.470.